The standard InChI is InChI=1S/C11H15NO3S/c1-11(2)7-12-10-8(15-3)5-4-6-9(10)16(11,13)14/h4-6,12H,7H2,1-3H3. The normalized spacial score (nSPS) is 20.7. The maximum absolute atomic E-state index is 12.3. The number of sulfone groups is 1. The van der Waals surface area contributed by atoms with Crippen molar-refractivity contribution >= 4 is 15.5 Å². The van der Waals surface area contributed by atoms with Crippen molar-refractivity contribution in [3.8, 4) is 5.75 Å². The molecule has 2 rings (SSSR count). The Hall–Kier alpha value is -1.23. The van der Waals surface area contributed by atoms with E-state index in [2.05, 4.69) is 5.32 Å². The molecule has 0 aliphatic carbocycles. The largest absolute Gasteiger partial charge is 0.495 e. The van der Waals surface area contributed by atoms with Crippen molar-refractivity contribution in [1.29, 1.82) is 0 Å². The number of anilines is 1. The van der Waals surface area contributed by atoms with E-state index in [9.17, 15) is 8.42 Å². The number of hydrogen-bond acceptors (Lipinski definition) is 4. The maximum Gasteiger partial charge on any atom is 0.187 e. The molecule has 1 aliphatic rings. The monoisotopic (exact) mass is 241 g/mol. The highest BCUT2D eigenvalue weighted by atomic mass is 32.2. The number of ether oxygens (including phenoxy) is 1. The fourth-order valence-corrected chi connectivity index (χ4v) is 3.33. The van der Waals surface area contributed by atoms with Crippen LogP contribution in [0, 0.1) is 0 Å². The smallest absolute Gasteiger partial charge is 0.187 e. The molecule has 0 fully saturated rings. The first-order valence-electron chi connectivity index (χ1n) is 5.06. The highest BCUT2D eigenvalue weighted by molar-refractivity contribution is 7.93. The van der Waals surface area contributed by atoms with Gasteiger partial charge in [0.2, 0.25) is 0 Å². The molecule has 5 heteroatoms. The number of para-hydroxylation sites is 1. The van der Waals surface area contributed by atoms with Gasteiger partial charge < -0.3 is 10.1 Å². The fourth-order valence-electron chi connectivity index (χ4n) is 1.77. The minimum Gasteiger partial charge on any atom is -0.495 e. The van der Waals surface area contributed by atoms with Gasteiger partial charge in [-0.15, -0.1) is 0 Å². The third-order valence-corrected chi connectivity index (χ3v) is 5.43. The summed E-state index contributed by atoms with van der Waals surface area (Å²) in [5, 5.41) is 3.12. The maximum atomic E-state index is 12.3. The van der Waals surface area contributed by atoms with Gasteiger partial charge >= 0.3 is 0 Å². The van der Waals surface area contributed by atoms with Crippen molar-refractivity contribution < 1.29 is 13.2 Å². The number of benzene rings is 1. The molecule has 0 atom stereocenters. The van der Waals surface area contributed by atoms with Crippen LogP contribution in [0.5, 0.6) is 5.75 Å². The van der Waals surface area contributed by atoms with Gasteiger partial charge in [0, 0.05) is 6.54 Å². The van der Waals surface area contributed by atoms with Gasteiger partial charge in [-0.2, -0.15) is 0 Å². The zero-order chi connectivity index (χ0) is 12.0. The third-order valence-electron chi connectivity index (χ3n) is 2.92. The van der Waals surface area contributed by atoms with Crippen molar-refractivity contribution in [1.82, 2.24) is 0 Å². The molecular weight excluding hydrogens is 226 g/mol. The van der Waals surface area contributed by atoms with E-state index in [1.165, 1.54) is 7.11 Å². The van der Waals surface area contributed by atoms with Crippen LogP contribution in [0.2, 0.25) is 0 Å². The number of methoxy groups -OCH3 is 1. The van der Waals surface area contributed by atoms with Crippen LogP contribution >= 0.6 is 0 Å². The van der Waals surface area contributed by atoms with E-state index >= 15 is 0 Å². The van der Waals surface area contributed by atoms with Crippen LogP contribution in [-0.4, -0.2) is 26.8 Å². The number of nitrogens with one attached hydrogen (secondary N) is 1. The second kappa shape index (κ2) is 3.38. The van der Waals surface area contributed by atoms with Crippen LogP contribution in [0.25, 0.3) is 0 Å². The molecule has 0 spiro atoms. The lowest BCUT2D eigenvalue weighted by Crippen LogP contribution is -2.43. The lowest BCUT2D eigenvalue weighted by Gasteiger charge is -2.32. The molecular formula is C11H15NO3S. The number of fused-ring (bicyclic) bond motifs is 1. The first-order chi connectivity index (χ1) is 7.40. The summed E-state index contributed by atoms with van der Waals surface area (Å²) in [7, 11) is -1.76. The Morgan fingerprint density at radius 2 is 2.06 bits per heavy atom. The molecule has 1 heterocycles. The van der Waals surface area contributed by atoms with Gasteiger partial charge in [0.15, 0.2) is 9.84 Å². The van der Waals surface area contributed by atoms with Gasteiger partial charge in [0.1, 0.15) is 5.75 Å². The van der Waals surface area contributed by atoms with E-state index < -0.39 is 14.6 Å². The van der Waals surface area contributed by atoms with Crippen LogP contribution in [-0.2, 0) is 9.84 Å². The predicted molar refractivity (Wildman–Crippen MR) is 62.7 cm³/mol. The molecule has 1 aromatic carbocycles. The highest BCUT2D eigenvalue weighted by Crippen LogP contribution is 2.40. The summed E-state index contributed by atoms with van der Waals surface area (Å²) in [6.45, 7) is 3.83. The van der Waals surface area contributed by atoms with Gasteiger partial charge in [-0.1, -0.05) is 6.07 Å². The number of rotatable bonds is 1. The van der Waals surface area contributed by atoms with E-state index in [-0.39, 0.29) is 0 Å². The second-order valence-electron chi connectivity index (χ2n) is 4.45. The summed E-state index contributed by atoms with van der Waals surface area (Å²) >= 11 is 0. The van der Waals surface area contributed by atoms with E-state index in [0.29, 0.717) is 22.9 Å². The van der Waals surface area contributed by atoms with Crippen LogP contribution < -0.4 is 10.1 Å². The average Bonchev–Trinajstić information content (AvgIpc) is 2.24. The Labute approximate surface area is 95.5 Å². The topological polar surface area (TPSA) is 55.4 Å². The molecule has 0 amide bonds. The molecule has 1 N–H and O–H groups in total. The first kappa shape index (κ1) is 11.3. The minimum atomic E-state index is -3.30. The van der Waals surface area contributed by atoms with Crippen LogP contribution in [0.1, 0.15) is 13.8 Å². The zero-order valence-electron chi connectivity index (χ0n) is 9.57. The Morgan fingerprint density at radius 1 is 1.38 bits per heavy atom. The summed E-state index contributed by atoms with van der Waals surface area (Å²) in [4.78, 5) is 0.322. The molecule has 0 saturated carbocycles. The van der Waals surface area contributed by atoms with Crippen molar-refractivity contribution in [3.63, 3.8) is 0 Å². The lowest BCUT2D eigenvalue weighted by atomic mass is 10.2. The van der Waals surface area contributed by atoms with E-state index in [1.54, 1.807) is 32.0 Å². The van der Waals surface area contributed by atoms with Gasteiger partial charge in [0.05, 0.1) is 22.4 Å². The average molecular weight is 241 g/mol. The Morgan fingerprint density at radius 3 is 2.69 bits per heavy atom. The fraction of sp³-hybridized carbons (Fsp3) is 0.455. The van der Waals surface area contributed by atoms with Crippen molar-refractivity contribution in [2.24, 2.45) is 0 Å². The third kappa shape index (κ3) is 1.38. The molecule has 0 aromatic heterocycles. The molecule has 0 bridgehead atoms. The van der Waals surface area contributed by atoms with E-state index in [1.807, 2.05) is 0 Å². The molecule has 1 aliphatic heterocycles. The molecule has 0 unspecified atom stereocenters. The quantitative estimate of drug-likeness (QED) is 0.812. The van der Waals surface area contributed by atoms with Crippen LogP contribution in [0.15, 0.2) is 23.1 Å². The zero-order valence-corrected chi connectivity index (χ0v) is 10.4. The van der Waals surface area contributed by atoms with Crippen LogP contribution in [0.3, 0.4) is 0 Å². The molecule has 1 aromatic rings. The summed E-state index contributed by atoms with van der Waals surface area (Å²) in [5.74, 6) is 0.566. The van der Waals surface area contributed by atoms with Gasteiger partial charge in [-0.05, 0) is 26.0 Å². The predicted octanol–water partition coefficient (Wildman–Crippen LogP) is 1.67. The van der Waals surface area contributed by atoms with E-state index in [0.717, 1.165) is 0 Å². The molecule has 88 valence electrons. The molecule has 4 nitrogen and oxygen atoms in total. The SMILES string of the molecule is COc1cccc2c1NCC(C)(C)S2(=O)=O. The summed E-state index contributed by atoms with van der Waals surface area (Å²) in [6, 6.07) is 5.05. The van der Waals surface area contributed by atoms with Crippen molar-refractivity contribution in [3.05, 3.63) is 18.2 Å². The van der Waals surface area contributed by atoms with Gasteiger partial charge in [-0.3, -0.25) is 0 Å². The Kier molecular flexibility index (Phi) is 2.38. The van der Waals surface area contributed by atoms with Crippen molar-refractivity contribution in [2.75, 3.05) is 19.0 Å². The Balaban J connectivity index is 2.71. The van der Waals surface area contributed by atoms with Gasteiger partial charge in [0.25, 0.3) is 0 Å². The summed E-state index contributed by atoms with van der Waals surface area (Å²) < 4.78 is 29.0. The van der Waals surface area contributed by atoms with Crippen LogP contribution in [0.4, 0.5) is 5.69 Å². The minimum absolute atomic E-state index is 0.322. The molecule has 0 saturated heterocycles. The second-order valence-corrected chi connectivity index (χ2v) is 7.00. The number of hydrogen-bond donors (Lipinski definition) is 1. The van der Waals surface area contributed by atoms with Gasteiger partial charge in [-0.25, -0.2) is 8.42 Å². The summed E-state index contributed by atoms with van der Waals surface area (Å²) in [6.07, 6.45) is 0. The van der Waals surface area contributed by atoms with Crippen molar-refractivity contribution in [2.45, 2.75) is 23.5 Å². The molecule has 0 radical (unpaired) electrons. The summed E-state index contributed by atoms with van der Waals surface area (Å²) in [5.41, 5.74) is 0.573. The highest BCUT2D eigenvalue weighted by Gasteiger charge is 2.41. The van der Waals surface area contributed by atoms with E-state index in [4.69, 9.17) is 4.74 Å². The lowest BCUT2D eigenvalue weighted by molar-refractivity contribution is 0.414. The Bertz CT molecular complexity index is 520. The first-order valence-corrected chi connectivity index (χ1v) is 6.54. The molecule has 16 heavy (non-hydrogen) atoms.